The molecule has 0 spiro atoms. The number of Topliss-reactive ketones (excluding diaryl/α,β-unsaturated/α-hetero) is 1. The van der Waals surface area contributed by atoms with Gasteiger partial charge in [0, 0.05) is 24.5 Å². The molecule has 1 fully saturated rings. The fraction of sp³-hybridized carbons (Fsp3) is 0.276. The number of hydrogen-bond acceptors (Lipinski definition) is 5. The van der Waals surface area contributed by atoms with Crippen molar-refractivity contribution in [2.75, 3.05) is 6.61 Å². The lowest BCUT2D eigenvalue weighted by Crippen LogP contribution is -2.29. The van der Waals surface area contributed by atoms with E-state index >= 15 is 0 Å². The molecule has 1 aromatic heterocycles. The third-order valence-electron chi connectivity index (χ3n) is 5.99. The van der Waals surface area contributed by atoms with Crippen LogP contribution >= 0.6 is 0 Å². The van der Waals surface area contributed by atoms with Gasteiger partial charge >= 0.3 is 0 Å². The van der Waals surface area contributed by atoms with E-state index in [1.165, 1.54) is 4.90 Å². The molecule has 1 aliphatic rings. The smallest absolute Gasteiger partial charge is 0.295 e. The maximum atomic E-state index is 13.3. The summed E-state index contributed by atoms with van der Waals surface area (Å²) >= 11 is 0. The van der Waals surface area contributed by atoms with Crippen molar-refractivity contribution in [3.8, 4) is 5.75 Å². The molecule has 35 heavy (non-hydrogen) atoms. The van der Waals surface area contributed by atoms with Crippen molar-refractivity contribution in [3.63, 3.8) is 0 Å². The van der Waals surface area contributed by atoms with Crippen LogP contribution in [-0.2, 0) is 16.1 Å². The predicted molar refractivity (Wildman–Crippen MR) is 135 cm³/mol. The van der Waals surface area contributed by atoms with E-state index < -0.39 is 17.7 Å². The second kappa shape index (κ2) is 10.1. The molecule has 1 unspecified atom stereocenters. The number of carbonyl (C=O) groups is 2. The number of aliphatic hydroxyl groups excluding tert-OH is 1. The van der Waals surface area contributed by atoms with E-state index in [1.54, 1.807) is 36.7 Å². The molecule has 3 aromatic rings. The highest BCUT2D eigenvalue weighted by Crippen LogP contribution is 2.40. The van der Waals surface area contributed by atoms with Crippen molar-refractivity contribution < 1.29 is 19.4 Å². The Morgan fingerprint density at radius 2 is 1.89 bits per heavy atom. The highest BCUT2D eigenvalue weighted by Gasteiger charge is 2.46. The molecule has 1 N–H and O–H groups in total. The Balaban J connectivity index is 1.79. The summed E-state index contributed by atoms with van der Waals surface area (Å²) in [7, 11) is 0. The number of benzene rings is 2. The molecule has 1 amide bonds. The van der Waals surface area contributed by atoms with Crippen LogP contribution in [0.2, 0.25) is 0 Å². The minimum Gasteiger partial charge on any atom is -0.507 e. The number of amides is 1. The number of carbonyl (C=O) groups excluding carboxylic acids is 2. The third-order valence-corrected chi connectivity index (χ3v) is 5.99. The predicted octanol–water partition coefficient (Wildman–Crippen LogP) is 5.36. The molecule has 2 heterocycles. The number of likely N-dealkylation sites (tertiary alicyclic amines) is 1. The first-order valence-electron chi connectivity index (χ1n) is 11.7. The van der Waals surface area contributed by atoms with Crippen LogP contribution in [0.5, 0.6) is 5.75 Å². The number of pyridine rings is 1. The van der Waals surface area contributed by atoms with E-state index in [-0.39, 0.29) is 17.9 Å². The number of aryl methyl sites for hydroxylation is 2. The van der Waals surface area contributed by atoms with Gasteiger partial charge in [-0.15, -0.1) is 0 Å². The second-order valence-electron chi connectivity index (χ2n) is 9.39. The van der Waals surface area contributed by atoms with Crippen molar-refractivity contribution in [1.82, 2.24) is 9.88 Å². The molecule has 1 atom stereocenters. The van der Waals surface area contributed by atoms with Crippen molar-refractivity contribution in [2.24, 2.45) is 5.92 Å². The number of ketones is 1. The number of hydrogen-bond donors (Lipinski definition) is 1. The summed E-state index contributed by atoms with van der Waals surface area (Å²) in [4.78, 5) is 32.1. The summed E-state index contributed by atoms with van der Waals surface area (Å²) in [5.41, 5.74) is 3.96. The van der Waals surface area contributed by atoms with Gasteiger partial charge in [-0.2, -0.15) is 0 Å². The van der Waals surface area contributed by atoms with Gasteiger partial charge in [0.1, 0.15) is 11.5 Å². The number of nitrogens with zero attached hydrogens (tertiary/aromatic N) is 2. The van der Waals surface area contributed by atoms with Crippen molar-refractivity contribution in [1.29, 1.82) is 0 Å². The average molecular weight is 471 g/mol. The molecule has 180 valence electrons. The first-order chi connectivity index (χ1) is 16.8. The average Bonchev–Trinajstić information content (AvgIpc) is 3.08. The van der Waals surface area contributed by atoms with Crippen LogP contribution < -0.4 is 4.74 Å². The minimum absolute atomic E-state index is 0.0831. The van der Waals surface area contributed by atoms with Crippen LogP contribution in [0.25, 0.3) is 5.76 Å². The topological polar surface area (TPSA) is 79.7 Å². The molecule has 6 heteroatoms. The van der Waals surface area contributed by atoms with Gasteiger partial charge in [0.15, 0.2) is 0 Å². The molecule has 0 aliphatic carbocycles. The van der Waals surface area contributed by atoms with E-state index in [0.717, 1.165) is 28.0 Å². The highest BCUT2D eigenvalue weighted by molar-refractivity contribution is 6.46. The summed E-state index contributed by atoms with van der Waals surface area (Å²) in [5, 5.41) is 11.4. The molecule has 0 saturated carbocycles. The zero-order valence-electron chi connectivity index (χ0n) is 20.5. The summed E-state index contributed by atoms with van der Waals surface area (Å²) in [5.74, 6) is -0.427. The normalized spacial score (nSPS) is 17.3. The van der Waals surface area contributed by atoms with Crippen LogP contribution in [0.1, 0.15) is 47.7 Å². The molecule has 1 aliphatic heterocycles. The Bertz CT molecular complexity index is 1280. The van der Waals surface area contributed by atoms with E-state index in [9.17, 15) is 14.7 Å². The first-order valence-corrected chi connectivity index (χ1v) is 11.7. The lowest BCUT2D eigenvalue weighted by Gasteiger charge is -2.25. The van der Waals surface area contributed by atoms with Gasteiger partial charge in [0.25, 0.3) is 11.7 Å². The van der Waals surface area contributed by atoms with Gasteiger partial charge in [-0.3, -0.25) is 14.6 Å². The molecule has 0 bridgehead atoms. The van der Waals surface area contributed by atoms with Crippen LogP contribution in [0.15, 0.2) is 72.6 Å². The van der Waals surface area contributed by atoms with Gasteiger partial charge in [-0.25, -0.2) is 0 Å². The largest absolute Gasteiger partial charge is 0.507 e. The number of aromatic nitrogens is 1. The second-order valence-corrected chi connectivity index (χ2v) is 9.39. The van der Waals surface area contributed by atoms with Crippen molar-refractivity contribution in [3.05, 3.63) is 100 Å². The molecular weight excluding hydrogens is 440 g/mol. The van der Waals surface area contributed by atoms with Gasteiger partial charge in [0.2, 0.25) is 0 Å². The van der Waals surface area contributed by atoms with Crippen LogP contribution in [0, 0.1) is 19.8 Å². The summed E-state index contributed by atoms with van der Waals surface area (Å²) < 4.78 is 5.85. The zero-order valence-corrected chi connectivity index (χ0v) is 20.5. The fourth-order valence-corrected chi connectivity index (χ4v) is 4.29. The summed E-state index contributed by atoms with van der Waals surface area (Å²) in [6, 6.07) is 15.9. The van der Waals surface area contributed by atoms with Crippen LogP contribution in [0.3, 0.4) is 0 Å². The minimum atomic E-state index is -0.715. The highest BCUT2D eigenvalue weighted by atomic mass is 16.5. The Morgan fingerprint density at radius 3 is 2.54 bits per heavy atom. The Kier molecular flexibility index (Phi) is 7.01. The van der Waals surface area contributed by atoms with Crippen LogP contribution in [-0.4, -0.2) is 33.3 Å². The maximum absolute atomic E-state index is 13.3. The fourth-order valence-electron chi connectivity index (χ4n) is 4.29. The molecular formula is C29H30N2O4. The zero-order chi connectivity index (χ0) is 25.1. The monoisotopic (exact) mass is 470 g/mol. The standard InChI is InChI=1S/C29H30N2O4/c1-18(2)17-35-24-11-10-23(14-20(24)4)27(32)25-26(22-9-5-7-19(3)13-22)31(29(34)28(25)33)16-21-8-6-12-30-15-21/h5-15,18,26,32H,16-17H2,1-4H3/b27-25-. The molecule has 1 saturated heterocycles. The van der Waals surface area contributed by atoms with Gasteiger partial charge in [0.05, 0.1) is 18.2 Å². The maximum Gasteiger partial charge on any atom is 0.295 e. The number of ether oxygens (including phenoxy) is 1. The first kappa shape index (κ1) is 24.2. The van der Waals surface area contributed by atoms with E-state index in [1.807, 2.05) is 44.2 Å². The third kappa shape index (κ3) is 5.11. The van der Waals surface area contributed by atoms with E-state index in [0.29, 0.717) is 18.1 Å². The molecule has 4 rings (SSSR count). The molecule has 6 nitrogen and oxygen atoms in total. The number of rotatable bonds is 7. The Morgan fingerprint density at radius 1 is 1.09 bits per heavy atom. The summed E-state index contributed by atoms with van der Waals surface area (Å²) in [6.07, 6.45) is 3.33. The van der Waals surface area contributed by atoms with E-state index in [4.69, 9.17) is 4.74 Å². The number of aliphatic hydroxyl groups is 1. The van der Waals surface area contributed by atoms with E-state index in [2.05, 4.69) is 18.8 Å². The summed E-state index contributed by atoms with van der Waals surface area (Å²) in [6.45, 7) is 8.78. The Labute approximate surface area is 205 Å². The van der Waals surface area contributed by atoms with Crippen LogP contribution in [0.4, 0.5) is 0 Å². The van der Waals surface area contributed by atoms with Gasteiger partial charge in [-0.1, -0.05) is 49.7 Å². The van der Waals surface area contributed by atoms with Gasteiger partial charge < -0.3 is 14.7 Å². The Hall–Kier alpha value is -3.93. The van der Waals surface area contributed by atoms with Gasteiger partial charge in [-0.05, 0) is 60.7 Å². The lowest BCUT2D eigenvalue weighted by atomic mass is 9.94. The SMILES string of the molecule is Cc1cccc(C2/C(=C(/O)c3ccc(OCC(C)C)c(C)c3)C(=O)C(=O)N2Cc2cccnc2)c1. The lowest BCUT2D eigenvalue weighted by molar-refractivity contribution is -0.140. The molecule has 2 aromatic carbocycles. The van der Waals surface area contributed by atoms with Crippen molar-refractivity contribution >= 4 is 17.4 Å². The van der Waals surface area contributed by atoms with Crippen molar-refractivity contribution in [2.45, 2.75) is 40.3 Å². The molecule has 0 radical (unpaired) electrons. The quantitative estimate of drug-likeness (QED) is 0.286.